The van der Waals surface area contributed by atoms with E-state index in [2.05, 4.69) is 27.0 Å². The Labute approximate surface area is 169 Å². The zero-order valence-corrected chi connectivity index (χ0v) is 15.9. The summed E-state index contributed by atoms with van der Waals surface area (Å²) in [7, 11) is 0. The molecule has 29 heavy (non-hydrogen) atoms. The van der Waals surface area contributed by atoms with Gasteiger partial charge in [0.15, 0.2) is 0 Å². The normalized spacial score (nSPS) is 16.1. The quantitative estimate of drug-likeness (QED) is 0.599. The summed E-state index contributed by atoms with van der Waals surface area (Å²) in [4.78, 5) is 4.42. The predicted molar refractivity (Wildman–Crippen MR) is 112 cm³/mol. The van der Waals surface area contributed by atoms with E-state index in [9.17, 15) is 4.39 Å². The van der Waals surface area contributed by atoms with Crippen LogP contribution in [0.2, 0.25) is 0 Å². The molecule has 3 N–H and O–H groups in total. The molecule has 0 saturated heterocycles. The van der Waals surface area contributed by atoms with Gasteiger partial charge in [-0.2, -0.15) is 5.26 Å². The SMILES string of the molecule is N#Cc1ccc(CCN[C@H](c2ccc(F)cc2)[C@H]2CNc3cccnc3N2)cc1. The van der Waals surface area contributed by atoms with Crippen molar-refractivity contribution in [1.29, 1.82) is 5.26 Å². The molecule has 0 aliphatic carbocycles. The highest BCUT2D eigenvalue weighted by Gasteiger charge is 2.27. The van der Waals surface area contributed by atoms with Crippen LogP contribution in [0.25, 0.3) is 0 Å². The summed E-state index contributed by atoms with van der Waals surface area (Å²) in [5.41, 5.74) is 3.83. The number of hydrogen-bond acceptors (Lipinski definition) is 5. The van der Waals surface area contributed by atoms with Gasteiger partial charge >= 0.3 is 0 Å². The number of nitriles is 1. The molecular formula is C23H22FN5. The van der Waals surface area contributed by atoms with Crippen molar-refractivity contribution in [3.63, 3.8) is 0 Å². The Morgan fingerprint density at radius 2 is 1.93 bits per heavy atom. The van der Waals surface area contributed by atoms with Crippen LogP contribution in [0.3, 0.4) is 0 Å². The molecule has 5 nitrogen and oxygen atoms in total. The molecular weight excluding hydrogens is 365 g/mol. The zero-order valence-electron chi connectivity index (χ0n) is 15.9. The maximum Gasteiger partial charge on any atom is 0.149 e. The van der Waals surface area contributed by atoms with Crippen molar-refractivity contribution in [2.75, 3.05) is 23.7 Å². The molecule has 6 heteroatoms. The smallest absolute Gasteiger partial charge is 0.149 e. The number of aromatic nitrogens is 1. The largest absolute Gasteiger partial charge is 0.380 e. The second kappa shape index (κ2) is 8.72. The van der Waals surface area contributed by atoms with Crippen LogP contribution in [0.4, 0.5) is 15.9 Å². The van der Waals surface area contributed by atoms with Gasteiger partial charge < -0.3 is 16.0 Å². The van der Waals surface area contributed by atoms with Crippen LogP contribution >= 0.6 is 0 Å². The lowest BCUT2D eigenvalue weighted by Crippen LogP contribution is -2.44. The van der Waals surface area contributed by atoms with E-state index in [0.717, 1.165) is 42.1 Å². The van der Waals surface area contributed by atoms with E-state index < -0.39 is 0 Å². The third-order valence-electron chi connectivity index (χ3n) is 5.13. The van der Waals surface area contributed by atoms with Gasteiger partial charge in [-0.05, 0) is 60.5 Å². The minimum atomic E-state index is -0.244. The molecule has 1 aliphatic heterocycles. The molecule has 0 spiro atoms. The van der Waals surface area contributed by atoms with E-state index in [4.69, 9.17) is 5.26 Å². The molecule has 0 bridgehead atoms. The summed E-state index contributed by atoms with van der Waals surface area (Å²) in [5.74, 6) is 0.580. The molecule has 2 atom stereocenters. The molecule has 3 aromatic rings. The second-order valence-electron chi connectivity index (χ2n) is 7.07. The van der Waals surface area contributed by atoms with Gasteiger partial charge in [0.05, 0.1) is 29.4 Å². The standard InChI is InChI=1S/C23H22FN5/c24-19-9-7-18(8-10-19)22(21-15-28-20-2-1-12-27-23(20)29-21)26-13-11-16-3-5-17(14-25)6-4-16/h1-10,12,21-22,26,28H,11,13,15H2,(H,27,29)/t21-,22-/m1/s1. The fourth-order valence-electron chi connectivity index (χ4n) is 3.59. The Kier molecular flexibility index (Phi) is 5.68. The first-order valence-electron chi connectivity index (χ1n) is 9.66. The van der Waals surface area contributed by atoms with E-state index in [1.54, 1.807) is 6.20 Å². The van der Waals surface area contributed by atoms with E-state index in [0.29, 0.717) is 5.56 Å². The number of nitrogens with one attached hydrogen (secondary N) is 3. The fraction of sp³-hybridized carbons (Fsp3) is 0.217. The van der Waals surface area contributed by atoms with Gasteiger partial charge in [-0.15, -0.1) is 0 Å². The average Bonchev–Trinajstić information content (AvgIpc) is 2.78. The number of fused-ring (bicyclic) bond motifs is 1. The van der Waals surface area contributed by atoms with Gasteiger partial charge in [0, 0.05) is 12.7 Å². The summed E-state index contributed by atoms with van der Waals surface area (Å²) in [5, 5.41) is 19.5. The van der Waals surface area contributed by atoms with Crippen molar-refractivity contribution in [3.05, 3.63) is 89.4 Å². The highest BCUT2D eigenvalue weighted by Crippen LogP contribution is 2.28. The number of hydrogen-bond donors (Lipinski definition) is 3. The lowest BCUT2D eigenvalue weighted by atomic mass is 9.97. The highest BCUT2D eigenvalue weighted by atomic mass is 19.1. The molecule has 0 amide bonds. The van der Waals surface area contributed by atoms with Crippen molar-refractivity contribution in [3.8, 4) is 6.07 Å². The predicted octanol–water partition coefficient (Wildman–Crippen LogP) is 3.87. The molecule has 0 radical (unpaired) electrons. The summed E-state index contributed by atoms with van der Waals surface area (Å²) in [6, 6.07) is 20.3. The van der Waals surface area contributed by atoms with E-state index >= 15 is 0 Å². The Hall–Kier alpha value is -3.43. The molecule has 1 aromatic heterocycles. The molecule has 2 aromatic carbocycles. The summed E-state index contributed by atoms with van der Waals surface area (Å²) >= 11 is 0. The first kappa shape index (κ1) is 18.9. The van der Waals surface area contributed by atoms with Gasteiger partial charge in [-0.25, -0.2) is 9.37 Å². The van der Waals surface area contributed by atoms with Gasteiger partial charge in [0.2, 0.25) is 0 Å². The highest BCUT2D eigenvalue weighted by molar-refractivity contribution is 5.67. The molecule has 0 unspecified atom stereocenters. The third-order valence-corrected chi connectivity index (χ3v) is 5.13. The zero-order chi connectivity index (χ0) is 20.1. The first-order valence-corrected chi connectivity index (χ1v) is 9.66. The lowest BCUT2D eigenvalue weighted by molar-refractivity contribution is 0.471. The Bertz CT molecular complexity index is 995. The molecule has 0 fully saturated rings. The Balaban J connectivity index is 1.48. The maximum atomic E-state index is 13.4. The van der Waals surface area contributed by atoms with Crippen LogP contribution in [-0.4, -0.2) is 24.1 Å². The number of nitrogens with zero attached hydrogens (tertiary/aromatic N) is 2. The summed E-state index contributed by atoms with van der Waals surface area (Å²) in [6.45, 7) is 1.48. The minimum Gasteiger partial charge on any atom is -0.380 e. The topological polar surface area (TPSA) is 72.8 Å². The second-order valence-corrected chi connectivity index (χ2v) is 7.07. The van der Waals surface area contributed by atoms with Crippen LogP contribution in [0.5, 0.6) is 0 Å². The van der Waals surface area contributed by atoms with Gasteiger partial charge in [-0.3, -0.25) is 0 Å². The minimum absolute atomic E-state index is 0.0170. The van der Waals surface area contributed by atoms with Crippen molar-refractivity contribution >= 4 is 11.5 Å². The summed E-state index contributed by atoms with van der Waals surface area (Å²) < 4.78 is 13.4. The van der Waals surface area contributed by atoms with E-state index in [1.165, 1.54) is 12.1 Å². The van der Waals surface area contributed by atoms with Crippen LogP contribution in [0, 0.1) is 17.1 Å². The fourth-order valence-corrected chi connectivity index (χ4v) is 3.59. The number of pyridine rings is 1. The molecule has 146 valence electrons. The number of rotatable bonds is 6. The molecule has 0 saturated carbocycles. The number of halogens is 1. The van der Waals surface area contributed by atoms with Crippen molar-refractivity contribution in [2.45, 2.75) is 18.5 Å². The number of anilines is 2. The Morgan fingerprint density at radius 1 is 1.14 bits per heavy atom. The van der Waals surface area contributed by atoms with Crippen molar-refractivity contribution in [2.24, 2.45) is 0 Å². The van der Waals surface area contributed by atoms with Crippen LogP contribution < -0.4 is 16.0 Å². The molecule has 4 rings (SSSR count). The Morgan fingerprint density at radius 3 is 2.69 bits per heavy atom. The molecule has 1 aliphatic rings. The van der Waals surface area contributed by atoms with Crippen LogP contribution in [0.15, 0.2) is 66.9 Å². The van der Waals surface area contributed by atoms with Crippen molar-refractivity contribution in [1.82, 2.24) is 10.3 Å². The maximum absolute atomic E-state index is 13.4. The van der Waals surface area contributed by atoms with Crippen LogP contribution in [0.1, 0.15) is 22.7 Å². The van der Waals surface area contributed by atoms with Gasteiger partial charge in [0.1, 0.15) is 11.6 Å². The average molecular weight is 387 g/mol. The summed E-state index contributed by atoms with van der Waals surface area (Å²) in [6.07, 6.45) is 2.60. The van der Waals surface area contributed by atoms with E-state index in [-0.39, 0.29) is 17.9 Å². The molecule has 2 heterocycles. The third kappa shape index (κ3) is 4.53. The van der Waals surface area contributed by atoms with Crippen LogP contribution in [-0.2, 0) is 6.42 Å². The number of benzene rings is 2. The lowest BCUT2D eigenvalue weighted by Gasteiger charge is -2.34. The van der Waals surface area contributed by atoms with Gasteiger partial charge in [0.25, 0.3) is 0 Å². The van der Waals surface area contributed by atoms with Gasteiger partial charge in [-0.1, -0.05) is 24.3 Å². The van der Waals surface area contributed by atoms with E-state index in [1.807, 2.05) is 48.5 Å². The monoisotopic (exact) mass is 387 g/mol. The van der Waals surface area contributed by atoms with Crippen molar-refractivity contribution < 1.29 is 4.39 Å². The first-order chi connectivity index (χ1) is 14.2.